The van der Waals surface area contributed by atoms with Crippen molar-refractivity contribution >= 4 is 17.2 Å². The first kappa shape index (κ1) is 15.3. The first-order valence-electron chi connectivity index (χ1n) is 6.78. The van der Waals surface area contributed by atoms with Gasteiger partial charge < -0.3 is 11.1 Å². The monoisotopic (exact) mass is 303 g/mol. The first-order chi connectivity index (χ1) is 9.44. The molecule has 1 aliphatic rings. The number of carbonyl (C=O) groups excluding carboxylic acids is 1. The molecule has 1 aliphatic carbocycles. The van der Waals surface area contributed by atoms with Gasteiger partial charge in [-0.2, -0.15) is 8.78 Å². The maximum absolute atomic E-state index is 13.8. The molecule has 1 amide bonds. The van der Waals surface area contributed by atoms with Gasteiger partial charge in [-0.1, -0.05) is 25.7 Å². The second kappa shape index (κ2) is 6.13. The second-order valence-corrected chi connectivity index (χ2v) is 6.13. The molecule has 20 heavy (non-hydrogen) atoms. The highest BCUT2D eigenvalue weighted by Gasteiger charge is 2.43. The Bertz CT molecular complexity index is 442. The number of carbonyl (C=O) groups is 1. The third-order valence-electron chi connectivity index (χ3n) is 3.74. The third-order valence-corrected chi connectivity index (χ3v) is 4.33. The summed E-state index contributed by atoms with van der Waals surface area (Å²) in [5, 5.41) is 3.48. The summed E-state index contributed by atoms with van der Waals surface area (Å²) in [6.07, 6.45) is 5.71. The number of halogens is 2. The second-order valence-electron chi connectivity index (χ2n) is 5.41. The smallest absolute Gasteiger partial charge is 0.349 e. The van der Waals surface area contributed by atoms with E-state index in [0.29, 0.717) is 0 Å². The summed E-state index contributed by atoms with van der Waals surface area (Å²) < 4.78 is 27.7. The molecule has 1 aromatic heterocycles. The maximum atomic E-state index is 13.8. The van der Waals surface area contributed by atoms with Crippen LogP contribution < -0.4 is 11.1 Å². The van der Waals surface area contributed by atoms with Crippen molar-refractivity contribution < 1.29 is 13.6 Å². The number of aromatic nitrogens is 1. The Morgan fingerprint density at radius 2 is 2.05 bits per heavy atom. The lowest BCUT2D eigenvalue weighted by Crippen LogP contribution is -2.52. The van der Waals surface area contributed by atoms with Crippen LogP contribution in [-0.4, -0.2) is 23.0 Å². The zero-order valence-electron chi connectivity index (χ0n) is 11.2. The Morgan fingerprint density at radius 3 is 2.60 bits per heavy atom. The quantitative estimate of drug-likeness (QED) is 0.839. The van der Waals surface area contributed by atoms with E-state index in [0.717, 1.165) is 49.9 Å². The van der Waals surface area contributed by atoms with Gasteiger partial charge in [0.15, 0.2) is 0 Å². The van der Waals surface area contributed by atoms with Crippen molar-refractivity contribution in [3.63, 3.8) is 0 Å². The van der Waals surface area contributed by atoms with E-state index in [9.17, 15) is 13.6 Å². The molecule has 0 aliphatic heterocycles. The van der Waals surface area contributed by atoms with Gasteiger partial charge in [0.2, 0.25) is 0 Å². The summed E-state index contributed by atoms with van der Waals surface area (Å²) in [7, 11) is 0. The van der Waals surface area contributed by atoms with Crippen molar-refractivity contribution in [2.45, 2.75) is 50.0 Å². The Morgan fingerprint density at radius 1 is 1.40 bits per heavy atom. The molecule has 0 bridgehead atoms. The average Bonchev–Trinajstić information content (AvgIpc) is 2.87. The average molecular weight is 303 g/mol. The Kier molecular flexibility index (Phi) is 4.70. The Balaban J connectivity index is 1.94. The maximum Gasteiger partial charge on any atom is 0.366 e. The van der Waals surface area contributed by atoms with E-state index >= 15 is 0 Å². The van der Waals surface area contributed by atoms with Crippen molar-refractivity contribution in [1.29, 1.82) is 0 Å². The van der Waals surface area contributed by atoms with Crippen molar-refractivity contribution in [2.75, 3.05) is 6.54 Å². The molecule has 3 N–H and O–H groups in total. The number of nitrogens with one attached hydrogen (secondary N) is 1. The fraction of sp³-hybridized carbons (Fsp3) is 0.692. The predicted octanol–water partition coefficient (Wildman–Crippen LogP) is 2.40. The molecule has 0 aromatic carbocycles. The summed E-state index contributed by atoms with van der Waals surface area (Å²) in [5.74, 6) is -4.92. The van der Waals surface area contributed by atoms with E-state index in [1.807, 2.05) is 0 Å². The number of rotatable bonds is 4. The SMILES string of the molecule is NC1(CNC(=O)C(F)(F)c2cscn2)CCCCCC1. The number of amides is 1. The Labute approximate surface area is 120 Å². The van der Waals surface area contributed by atoms with Crippen LogP contribution in [0.5, 0.6) is 0 Å². The molecule has 1 aromatic rings. The highest BCUT2D eigenvalue weighted by atomic mass is 32.1. The van der Waals surface area contributed by atoms with Crippen molar-refractivity contribution in [3.05, 3.63) is 16.6 Å². The molecular formula is C13H19F2N3OS. The number of alkyl halides is 2. The number of thiazole rings is 1. The van der Waals surface area contributed by atoms with E-state index in [2.05, 4.69) is 10.3 Å². The van der Waals surface area contributed by atoms with Crippen LogP contribution in [0.2, 0.25) is 0 Å². The van der Waals surface area contributed by atoms with E-state index < -0.39 is 23.1 Å². The molecule has 0 atom stereocenters. The van der Waals surface area contributed by atoms with E-state index in [-0.39, 0.29) is 6.54 Å². The first-order valence-corrected chi connectivity index (χ1v) is 7.72. The van der Waals surface area contributed by atoms with E-state index in [1.165, 1.54) is 10.9 Å². The fourth-order valence-electron chi connectivity index (χ4n) is 2.46. The number of hydrogen-bond donors (Lipinski definition) is 2. The van der Waals surface area contributed by atoms with Gasteiger partial charge in [-0.3, -0.25) is 4.79 Å². The van der Waals surface area contributed by atoms with Gasteiger partial charge >= 0.3 is 5.92 Å². The van der Waals surface area contributed by atoms with E-state index in [1.54, 1.807) is 0 Å². The molecular weight excluding hydrogens is 284 g/mol. The van der Waals surface area contributed by atoms with Crippen molar-refractivity contribution in [1.82, 2.24) is 10.3 Å². The summed E-state index contributed by atoms with van der Waals surface area (Å²) in [4.78, 5) is 15.2. The molecule has 0 unspecified atom stereocenters. The molecule has 0 spiro atoms. The lowest BCUT2D eigenvalue weighted by molar-refractivity contribution is -0.147. The van der Waals surface area contributed by atoms with Gasteiger partial charge in [0.05, 0.1) is 5.51 Å². The van der Waals surface area contributed by atoms with Gasteiger partial charge in [-0.25, -0.2) is 4.98 Å². The summed E-state index contributed by atoms with van der Waals surface area (Å²) in [6, 6.07) is 0. The minimum Gasteiger partial charge on any atom is -0.349 e. The molecule has 2 rings (SSSR count). The fourth-order valence-corrected chi connectivity index (χ4v) is 3.03. The van der Waals surface area contributed by atoms with Crippen LogP contribution in [0.1, 0.15) is 44.2 Å². The molecule has 7 heteroatoms. The number of hydrogen-bond acceptors (Lipinski definition) is 4. The van der Waals surface area contributed by atoms with Crippen molar-refractivity contribution in [2.24, 2.45) is 5.73 Å². The lowest BCUT2D eigenvalue weighted by atomic mass is 9.91. The molecule has 4 nitrogen and oxygen atoms in total. The van der Waals surface area contributed by atoms with Gasteiger partial charge in [0.1, 0.15) is 5.69 Å². The highest BCUT2D eigenvalue weighted by molar-refractivity contribution is 7.07. The van der Waals surface area contributed by atoms with Crippen LogP contribution in [0.4, 0.5) is 8.78 Å². The number of nitrogens with zero attached hydrogens (tertiary/aromatic N) is 1. The van der Waals surface area contributed by atoms with Crippen LogP contribution in [0, 0.1) is 0 Å². The van der Waals surface area contributed by atoms with Crippen LogP contribution in [0.15, 0.2) is 10.9 Å². The van der Waals surface area contributed by atoms with Crippen LogP contribution >= 0.6 is 11.3 Å². The standard InChI is InChI=1S/C13H19F2N3OS/c14-13(15,10-7-20-9-18-10)11(19)17-8-12(16)5-3-1-2-4-6-12/h7,9H,1-6,8,16H2,(H,17,19). The highest BCUT2D eigenvalue weighted by Crippen LogP contribution is 2.29. The lowest BCUT2D eigenvalue weighted by Gasteiger charge is -2.29. The zero-order valence-corrected chi connectivity index (χ0v) is 12.0. The van der Waals surface area contributed by atoms with Gasteiger partial charge in [-0.15, -0.1) is 11.3 Å². The minimum atomic E-state index is -3.60. The summed E-state index contributed by atoms with van der Waals surface area (Å²) >= 11 is 1.04. The molecule has 112 valence electrons. The number of nitrogens with two attached hydrogens (primary N) is 1. The normalized spacial score (nSPS) is 19.4. The predicted molar refractivity (Wildman–Crippen MR) is 73.6 cm³/mol. The molecule has 0 saturated heterocycles. The Hall–Kier alpha value is -1.08. The van der Waals surface area contributed by atoms with Gasteiger partial charge in [0.25, 0.3) is 5.91 Å². The molecule has 1 saturated carbocycles. The van der Waals surface area contributed by atoms with Crippen LogP contribution in [0.25, 0.3) is 0 Å². The molecule has 1 heterocycles. The topological polar surface area (TPSA) is 68.0 Å². The largest absolute Gasteiger partial charge is 0.366 e. The van der Waals surface area contributed by atoms with Crippen molar-refractivity contribution in [3.8, 4) is 0 Å². The zero-order chi connectivity index (χ0) is 14.6. The summed E-state index contributed by atoms with van der Waals surface area (Å²) in [5.41, 5.74) is 6.41. The third kappa shape index (κ3) is 3.52. The van der Waals surface area contributed by atoms with Gasteiger partial charge in [0, 0.05) is 17.5 Å². The van der Waals surface area contributed by atoms with E-state index in [4.69, 9.17) is 5.73 Å². The molecule has 0 radical (unpaired) electrons. The van der Waals surface area contributed by atoms with Crippen LogP contribution in [-0.2, 0) is 10.7 Å². The minimum absolute atomic E-state index is 0.0888. The van der Waals surface area contributed by atoms with Crippen LogP contribution in [0.3, 0.4) is 0 Å². The summed E-state index contributed by atoms with van der Waals surface area (Å²) in [6.45, 7) is 0.0888. The molecule has 1 fully saturated rings. The van der Waals surface area contributed by atoms with Gasteiger partial charge in [-0.05, 0) is 12.8 Å².